The van der Waals surface area contributed by atoms with Crippen molar-refractivity contribution >= 4 is 17.5 Å². The molecule has 0 aliphatic heterocycles. The van der Waals surface area contributed by atoms with Crippen LogP contribution in [0.5, 0.6) is 5.75 Å². The van der Waals surface area contributed by atoms with E-state index in [9.17, 15) is 18.0 Å². The van der Waals surface area contributed by atoms with E-state index in [0.29, 0.717) is 35.2 Å². The molecule has 0 saturated heterocycles. The Bertz CT molecular complexity index is 954. The van der Waals surface area contributed by atoms with Gasteiger partial charge in [0.25, 0.3) is 5.91 Å². The second kappa shape index (κ2) is 9.50. The van der Waals surface area contributed by atoms with Crippen molar-refractivity contribution in [2.75, 3.05) is 0 Å². The second-order valence-electron chi connectivity index (χ2n) is 8.01. The lowest BCUT2D eigenvalue weighted by molar-refractivity contribution is -0.352. The molecule has 1 aliphatic rings. The first-order valence-electron chi connectivity index (χ1n) is 9.92. The molecule has 0 radical (unpaired) electrons. The molecule has 1 heterocycles. The zero-order chi connectivity index (χ0) is 23.5. The minimum atomic E-state index is -4.64. The van der Waals surface area contributed by atoms with Crippen LogP contribution in [0.15, 0.2) is 41.0 Å². The SMILES string of the molecule is C=C(CCc1nnc(C2CC(OC(F)(F)F)C2)o1)NC(=O)C(C)(C)Oc1ccc(Cl)cc1. The van der Waals surface area contributed by atoms with Crippen molar-refractivity contribution in [2.45, 2.75) is 63.5 Å². The molecule has 1 saturated carbocycles. The Morgan fingerprint density at radius 2 is 1.91 bits per heavy atom. The van der Waals surface area contributed by atoms with Gasteiger partial charge in [-0.15, -0.1) is 23.4 Å². The van der Waals surface area contributed by atoms with Crippen LogP contribution < -0.4 is 10.1 Å². The maximum absolute atomic E-state index is 12.6. The van der Waals surface area contributed by atoms with Gasteiger partial charge in [0, 0.05) is 23.1 Å². The first kappa shape index (κ1) is 24.1. The van der Waals surface area contributed by atoms with E-state index >= 15 is 0 Å². The minimum absolute atomic E-state index is 0.173. The lowest BCUT2D eigenvalue weighted by Gasteiger charge is -2.32. The summed E-state index contributed by atoms with van der Waals surface area (Å²) in [6.07, 6.45) is -4.52. The van der Waals surface area contributed by atoms with Crippen molar-refractivity contribution < 1.29 is 31.9 Å². The summed E-state index contributed by atoms with van der Waals surface area (Å²) in [7, 11) is 0. The number of nitrogens with zero attached hydrogens (tertiary/aromatic N) is 2. The Hall–Kier alpha value is -2.59. The minimum Gasteiger partial charge on any atom is -0.478 e. The maximum Gasteiger partial charge on any atom is 0.522 e. The normalized spacial score (nSPS) is 18.7. The molecule has 0 atom stereocenters. The van der Waals surface area contributed by atoms with E-state index in [2.05, 4.69) is 26.8 Å². The Morgan fingerprint density at radius 1 is 1.25 bits per heavy atom. The van der Waals surface area contributed by atoms with E-state index < -0.39 is 18.1 Å². The Labute approximate surface area is 187 Å². The Morgan fingerprint density at radius 3 is 2.53 bits per heavy atom. The monoisotopic (exact) mass is 473 g/mol. The van der Waals surface area contributed by atoms with E-state index in [1.165, 1.54) is 0 Å². The van der Waals surface area contributed by atoms with E-state index in [1.807, 2.05) is 0 Å². The molecule has 1 aliphatic carbocycles. The van der Waals surface area contributed by atoms with Gasteiger partial charge in [-0.05, 0) is 57.4 Å². The quantitative estimate of drug-likeness (QED) is 0.556. The van der Waals surface area contributed by atoms with Crippen molar-refractivity contribution in [1.29, 1.82) is 0 Å². The molecule has 3 rings (SSSR count). The van der Waals surface area contributed by atoms with E-state index in [-0.39, 0.29) is 30.6 Å². The number of aromatic nitrogens is 2. The van der Waals surface area contributed by atoms with Gasteiger partial charge in [-0.25, -0.2) is 0 Å². The van der Waals surface area contributed by atoms with Crippen LogP contribution in [-0.2, 0) is 16.0 Å². The van der Waals surface area contributed by atoms with E-state index in [1.54, 1.807) is 38.1 Å². The highest BCUT2D eigenvalue weighted by atomic mass is 35.5. The molecule has 1 fully saturated rings. The number of hydrogen-bond donors (Lipinski definition) is 1. The van der Waals surface area contributed by atoms with Crippen LogP contribution in [0.4, 0.5) is 13.2 Å². The number of carbonyl (C=O) groups excluding carboxylic acids is 1. The first-order chi connectivity index (χ1) is 14.9. The number of ether oxygens (including phenoxy) is 2. The highest BCUT2D eigenvalue weighted by molar-refractivity contribution is 6.30. The fourth-order valence-corrected chi connectivity index (χ4v) is 3.19. The average Bonchev–Trinajstić information content (AvgIpc) is 3.12. The molecule has 174 valence electrons. The number of carbonyl (C=O) groups is 1. The van der Waals surface area contributed by atoms with Crippen LogP contribution in [0, 0.1) is 0 Å². The molecule has 1 aromatic heterocycles. The summed E-state index contributed by atoms with van der Waals surface area (Å²) >= 11 is 5.85. The fraction of sp³-hybridized carbons (Fsp3) is 0.476. The topological polar surface area (TPSA) is 86.5 Å². The molecule has 1 N–H and O–H groups in total. The standard InChI is InChI=1S/C21H23ClF3N3O4/c1-12(26-19(29)20(2,3)31-15-7-5-14(22)6-8-15)4-9-17-27-28-18(30-17)13-10-16(11-13)32-21(23,24)25/h5-8,13,16H,1,4,9-11H2,2-3H3,(H,26,29). The molecular weight excluding hydrogens is 451 g/mol. The van der Waals surface area contributed by atoms with E-state index in [0.717, 1.165) is 0 Å². The molecule has 0 spiro atoms. The predicted molar refractivity (Wildman–Crippen MR) is 109 cm³/mol. The third kappa shape index (κ3) is 6.70. The van der Waals surface area contributed by atoms with Crippen molar-refractivity contribution in [3.63, 3.8) is 0 Å². The Kier molecular flexibility index (Phi) is 7.14. The number of halogens is 4. The maximum atomic E-state index is 12.6. The van der Waals surface area contributed by atoms with Crippen LogP contribution in [0.2, 0.25) is 5.02 Å². The molecule has 32 heavy (non-hydrogen) atoms. The predicted octanol–water partition coefficient (Wildman–Crippen LogP) is 4.93. The molecule has 1 aromatic carbocycles. The lowest BCUT2D eigenvalue weighted by Crippen LogP contribution is -2.46. The first-order valence-corrected chi connectivity index (χ1v) is 10.3. The largest absolute Gasteiger partial charge is 0.522 e. The van der Waals surface area contributed by atoms with Crippen molar-refractivity contribution in [1.82, 2.24) is 15.5 Å². The highest BCUT2D eigenvalue weighted by Gasteiger charge is 2.42. The number of hydrogen-bond acceptors (Lipinski definition) is 6. The van der Waals surface area contributed by atoms with Gasteiger partial charge in [-0.3, -0.25) is 9.53 Å². The average molecular weight is 474 g/mol. The number of allylic oxidation sites excluding steroid dienone is 1. The zero-order valence-corrected chi connectivity index (χ0v) is 18.3. The van der Waals surface area contributed by atoms with Gasteiger partial charge in [0.1, 0.15) is 5.75 Å². The summed E-state index contributed by atoms with van der Waals surface area (Å²) in [5.41, 5.74) is -0.724. The fourth-order valence-electron chi connectivity index (χ4n) is 3.06. The van der Waals surface area contributed by atoms with Crippen molar-refractivity contribution in [3.05, 3.63) is 53.3 Å². The lowest BCUT2D eigenvalue weighted by atomic mass is 9.82. The van der Waals surface area contributed by atoms with Gasteiger partial charge in [0.05, 0.1) is 6.10 Å². The number of alkyl halides is 3. The van der Waals surface area contributed by atoms with Crippen molar-refractivity contribution in [2.24, 2.45) is 0 Å². The van der Waals surface area contributed by atoms with Crippen molar-refractivity contribution in [3.8, 4) is 5.75 Å². The highest BCUT2D eigenvalue weighted by Crippen LogP contribution is 2.40. The molecule has 7 nitrogen and oxygen atoms in total. The smallest absolute Gasteiger partial charge is 0.478 e. The summed E-state index contributed by atoms with van der Waals surface area (Å²) in [4.78, 5) is 12.6. The summed E-state index contributed by atoms with van der Waals surface area (Å²) < 4.78 is 51.8. The second-order valence-corrected chi connectivity index (χ2v) is 8.45. The van der Waals surface area contributed by atoms with Gasteiger partial charge in [-0.1, -0.05) is 18.2 Å². The summed E-state index contributed by atoms with van der Waals surface area (Å²) in [6, 6.07) is 6.66. The number of aryl methyl sites for hydroxylation is 1. The van der Waals surface area contributed by atoms with E-state index in [4.69, 9.17) is 20.8 Å². The molecule has 2 aromatic rings. The van der Waals surface area contributed by atoms with Crippen LogP contribution in [0.3, 0.4) is 0 Å². The van der Waals surface area contributed by atoms with Crippen LogP contribution in [0.25, 0.3) is 0 Å². The number of amides is 1. The molecule has 1 amide bonds. The zero-order valence-electron chi connectivity index (χ0n) is 17.5. The Balaban J connectivity index is 1.43. The summed E-state index contributed by atoms with van der Waals surface area (Å²) in [6.45, 7) is 7.09. The number of rotatable bonds is 9. The summed E-state index contributed by atoms with van der Waals surface area (Å²) in [5, 5.41) is 11.1. The number of nitrogens with one attached hydrogen (secondary N) is 1. The van der Waals surface area contributed by atoms with Gasteiger partial charge < -0.3 is 14.5 Å². The van der Waals surface area contributed by atoms with Gasteiger partial charge >= 0.3 is 6.36 Å². The van der Waals surface area contributed by atoms with Gasteiger partial charge in [0.15, 0.2) is 5.60 Å². The molecule has 0 unspecified atom stereocenters. The van der Waals surface area contributed by atoms with Gasteiger partial charge in [-0.2, -0.15) is 0 Å². The number of benzene rings is 1. The molecular formula is C21H23ClF3N3O4. The van der Waals surface area contributed by atoms with Gasteiger partial charge in [0.2, 0.25) is 11.8 Å². The third-order valence-electron chi connectivity index (χ3n) is 4.89. The molecule has 11 heteroatoms. The summed E-state index contributed by atoms with van der Waals surface area (Å²) in [5.74, 6) is 0.463. The van der Waals surface area contributed by atoms with Crippen LogP contribution >= 0.6 is 11.6 Å². The van der Waals surface area contributed by atoms with Crippen LogP contribution in [-0.4, -0.2) is 34.2 Å². The van der Waals surface area contributed by atoms with Crippen LogP contribution in [0.1, 0.15) is 50.8 Å². The molecule has 0 bridgehead atoms. The third-order valence-corrected chi connectivity index (χ3v) is 5.14.